The number of benzene rings is 2. The van der Waals surface area contributed by atoms with Gasteiger partial charge in [0.05, 0.1) is 10.0 Å². The number of carbonyl (C=O) groups is 1. The van der Waals surface area contributed by atoms with Crippen LogP contribution in [0.15, 0.2) is 45.3 Å². The Kier molecular flexibility index (Phi) is 3.02. The summed E-state index contributed by atoms with van der Waals surface area (Å²) in [5.41, 5.74) is 1.65. The van der Waals surface area contributed by atoms with E-state index in [4.69, 9.17) is 9.52 Å². The molecule has 0 aliphatic rings. The van der Waals surface area contributed by atoms with Gasteiger partial charge in [0.2, 0.25) is 5.89 Å². The summed E-state index contributed by atoms with van der Waals surface area (Å²) in [7, 11) is 0. The van der Waals surface area contributed by atoms with Crippen molar-refractivity contribution in [2.45, 2.75) is 0 Å². The minimum atomic E-state index is -1.03. The normalized spacial score (nSPS) is 10.9. The van der Waals surface area contributed by atoms with Gasteiger partial charge < -0.3 is 9.52 Å². The van der Waals surface area contributed by atoms with Gasteiger partial charge in [-0.2, -0.15) is 0 Å². The second-order valence-electron chi connectivity index (χ2n) is 4.14. The predicted octanol–water partition coefficient (Wildman–Crippen LogP) is 4.09. The van der Waals surface area contributed by atoms with Crippen LogP contribution in [0.2, 0.25) is 0 Å². The number of carboxylic acids is 1. The van der Waals surface area contributed by atoms with E-state index in [-0.39, 0.29) is 11.4 Å². The first kappa shape index (κ1) is 12.8. The maximum Gasteiger partial charge on any atom is 0.335 e. The van der Waals surface area contributed by atoms with E-state index in [0.29, 0.717) is 27.0 Å². The third-order valence-corrected chi connectivity index (χ3v) is 3.41. The number of carboxylic acid groups (broad SMARTS) is 1. The van der Waals surface area contributed by atoms with Gasteiger partial charge in [-0.3, -0.25) is 0 Å². The van der Waals surface area contributed by atoms with E-state index in [1.807, 2.05) is 0 Å². The molecule has 0 saturated heterocycles. The zero-order valence-corrected chi connectivity index (χ0v) is 11.5. The fourth-order valence-corrected chi connectivity index (χ4v) is 2.19. The zero-order valence-electron chi connectivity index (χ0n) is 9.93. The van der Waals surface area contributed by atoms with Crippen LogP contribution in [0.3, 0.4) is 0 Å². The molecule has 0 fully saturated rings. The molecule has 0 radical (unpaired) electrons. The summed E-state index contributed by atoms with van der Waals surface area (Å²) in [4.78, 5) is 15.1. The molecule has 3 rings (SSSR count). The fourth-order valence-electron chi connectivity index (χ4n) is 1.81. The molecule has 0 spiro atoms. The number of fused-ring (bicyclic) bond motifs is 1. The van der Waals surface area contributed by atoms with Gasteiger partial charge in [0.25, 0.3) is 0 Å². The van der Waals surface area contributed by atoms with E-state index < -0.39 is 5.97 Å². The summed E-state index contributed by atoms with van der Waals surface area (Å²) in [6.07, 6.45) is 0. The van der Waals surface area contributed by atoms with E-state index in [1.165, 1.54) is 18.2 Å². The number of rotatable bonds is 2. The van der Waals surface area contributed by atoms with Crippen LogP contribution in [0.25, 0.3) is 22.6 Å². The van der Waals surface area contributed by atoms with Crippen molar-refractivity contribution in [1.82, 2.24) is 4.98 Å². The van der Waals surface area contributed by atoms with Gasteiger partial charge >= 0.3 is 5.97 Å². The van der Waals surface area contributed by atoms with Crippen molar-refractivity contribution in [2.75, 3.05) is 0 Å². The molecule has 1 aromatic heterocycles. The zero-order chi connectivity index (χ0) is 14.3. The Labute approximate surface area is 121 Å². The molecule has 0 saturated carbocycles. The third-order valence-electron chi connectivity index (χ3n) is 2.80. The number of oxazole rings is 1. The Morgan fingerprint density at radius 3 is 2.75 bits per heavy atom. The second kappa shape index (κ2) is 4.72. The average molecular weight is 336 g/mol. The number of aromatic nitrogens is 1. The SMILES string of the molecule is O=C(O)c1ccc2nc(-c3ccc(F)c(Br)c3)oc2c1. The topological polar surface area (TPSA) is 63.3 Å². The monoisotopic (exact) mass is 335 g/mol. The molecule has 6 heteroatoms. The van der Waals surface area contributed by atoms with Crippen LogP contribution in [0.1, 0.15) is 10.4 Å². The molecule has 100 valence electrons. The van der Waals surface area contributed by atoms with Crippen molar-refractivity contribution in [3.8, 4) is 11.5 Å². The standard InChI is InChI=1S/C14H7BrFNO3/c15-9-5-7(1-3-10(9)16)13-17-11-4-2-8(14(18)19)6-12(11)20-13/h1-6H,(H,18,19). The number of hydrogen-bond acceptors (Lipinski definition) is 3. The van der Waals surface area contributed by atoms with Gasteiger partial charge in [-0.1, -0.05) is 0 Å². The second-order valence-corrected chi connectivity index (χ2v) is 4.99. The van der Waals surface area contributed by atoms with Gasteiger partial charge in [0.1, 0.15) is 11.3 Å². The molecule has 0 aliphatic carbocycles. The number of nitrogens with zero attached hydrogens (tertiary/aromatic N) is 1. The smallest absolute Gasteiger partial charge is 0.335 e. The van der Waals surface area contributed by atoms with Crippen molar-refractivity contribution in [3.05, 3.63) is 52.3 Å². The first-order chi connectivity index (χ1) is 9.54. The lowest BCUT2D eigenvalue weighted by molar-refractivity contribution is 0.0697. The molecule has 1 heterocycles. The van der Waals surface area contributed by atoms with Crippen LogP contribution < -0.4 is 0 Å². The van der Waals surface area contributed by atoms with Crippen molar-refractivity contribution < 1.29 is 18.7 Å². The van der Waals surface area contributed by atoms with Gasteiger partial charge in [-0.15, -0.1) is 0 Å². The number of aromatic carboxylic acids is 1. The molecular weight excluding hydrogens is 329 g/mol. The van der Waals surface area contributed by atoms with Crippen LogP contribution in [-0.4, -0.2) is 16.1 Å². The summed E-state index contributed by atoms with van der Waals surface area (Å²) in [6, 6.07) is 8.84. The molecule has 4 nitrogen and oxygen atoms in total. The molecule has 0 bridgehead atoms. The lowest BCUT2D eigenvalue weighted by Crippen LogP contribution is -1.94. The highest BCUT2D eigenvalue weighted by Gasteiger charge is 2.12. The minimum absolute atomic E-state index is 0.125. The van der Waals surface area contributed by atoms with Crippen LogP contribution >= 0.6 is 15.9 Å². The summed E-state index contributed by atoms with van der Waals surface area (Å²) in [5.74, 6) is -1.10. The maximum atomic E-state index is 13.2. The van der Waals surface area contributed by atoms with Crippen LogP contribution in [-0.2, 0) is 0 Å². The van der Waals surface area contributed by atoms with E-state index in [1.54, 1.807) is 18.2 Å². The first-order valence-corrected chi connectivity index (χ1v) is 6.43. The molecule has 0 amide bonds. The van der Waals surface area contributed by atoms with Crippen molar-refractivity contribution in [3.63, 3.8) is 0 Å². The Morgan fingerprint density at radius 1 is 1.25 bits per heavy atom. The summed E-state index contributed by atoms with van der Waals surface area (Å²) in [6.45, 7) is 0. The Bertz CT molecular complexity index is 828. The molecule has 1 N–H and O–H groups in total. The molecule has 3 aromatic rings. The van der Waals surface area contributed by atoms with Crippen molar-refractivity contribution in [1.29, 1.82) is 0 Å². The fraction of sp³-hybridized carbons (Fsp3) is 0. The molecular formula is C14H7BrFNO3. The Morgan fingerprint density at radius 2 is 2.05 bits per heavy atom. The summed E-state index contributed by atoms with van der Waals surface area (Å²) >= 11 is 3.10. The van der Waals surface area contributed by atoms with Gasteiger partial charge in [0, 0.05) is 5.56 Å². The van der Waals surface area contributed by atoms with Crippen molar-refractivity contribution >= 4 is 33.0 Å². The first-order valence-electron chi connectivity index (χ1n) is 5.64. The quantitative estimate of drug-likeness (QED) is 0.765. The van der Waals surface area contributed by atoms with Crippen LogP contribution in [0.4, 0.5) is 4.39 Å². The Hall–Kier alpha value is -2.21. The maximum absolute atomic E-state index is 13.2. The highest BCUT2D eigenvalue weighted by atomic mass is 79.9. The van der Waals surface area contributed by atoms with Crippen LogP contribution in [0, 0.1) is 5.82 Å². The lowest BCUT2D eigenvalue weighted by Gasteiger charge is -1.97. The van der Waals surface area contributed by atoms with Gasteiger partial charge in [-0.05, 0) is 52.3 Å². The minimum Gasteiger partial charge on any atom is -0.478 e. The number of hydrogen-bond donors (Lipinski definition) is 1. The largest absolute Gasteiger partial charge is 0.478 e. The highest BCUT2D eigenvalue weighted by Crippen LogP contribution is 2.28. The van der Waals surface area contributed by atoms with Gasteiger partial charge in [0.15, 0.2) is 5.58 Å². The Balaban J connectivity index is 2.12. The summed E-state index contributed by atoms with van der Waals surface area (Å²) in [5, 5.41) is 8.93. The molecule has 0 aliphatic heterocycles. The highest BCUT2D eigenvalue weighted by molar-refractivity contribution is 9.10. The average Bonchev–Trinajstić information content (AvgIpc) is 2.84. The van der Waals surface area contributed by atoms with Gasteiger partial charge in [-0.25, -0.2) is 14.2 Å². The molecule has 0 atom stereocenters. The molecule has 20 heavy (non-hydrogen) atoms. The van der Waals surface area contributed by atoms with E-state index in [2.05, 4.69) is 20.9 Å². The summed E-state index contributed by atoms with van der Waals surface area (Å²) < 4.78 is 19.0. The third kappa shape index (κ3) is 2.18. The van der Waals surface area contributed by atoms with E-state index >= 15 is 0 Å². The van der Waals surface area contributed by atoms with E-state index in [9.17, 15) is 9.18 Å². The van der Waals surface area contributed by atoms with E-state index in [0.717, 1.165) is 0 Å². The lowest BCUT2D eigenvalue weighted by atomic mass is 10.2. The van der Waals surface area contributed by atoms with Crippen LogP contribution in [0.5, 0.6) is 0 Å². The van der Waals surface area contributed by atoms with Crippen molar-refractivity contribution in [2.24, 2.45) is 0 Å². The predicted molar refractivity (Wildman–Crippen MR) is 74.1 cm³/mol. The molecule has 2 aromatic carbocycles. The molecule has 0 unspecified atom stereocenters. The number of halogens is 2.